The van der Waals surface area contributed by atoms with Gasteiger partial charge >= 0.3 is 0 Å². The van der Waals surface area contributed by atoms with Gasteiger partial charge in [-0.05, 0) is 38.6 Å². The Labute approximate surface area is 123 Å². The van der Waals surface area contributed by atoms with E-state index in [2.05, 4.69) is 5.32 Å². The van der Waals surface area contributed by atoms with Gasteiger partial charge in [0.25, 0.3) is 0 Å². The van der Waals surface area contributed by atoms with E-state index in [0.29, 0.717) is 12.5 Å². The summed E-state index contributed by atoms with van der Waals surface area (Å²) < 4.78 is 26.5. The van der Waals surface area contributed by atoms with Gasteiger partial charge < -0.3 is 10.4 Å². The molecule has 0 spiro atoms. The molecule has 1 unspecified atom stereocenters. The number of rotatable bonds is 9. The molecule has 1 heterocycles. The Morgan fingerprint density at radius 1 is 1.30 bits per heavy atom. The van der Waals surface area contributed by atoms with Gasteiger partial charge in [0.05, 0.1) is 12.4 Å². The van der Waals surface area contributed by atoms with Gasteiger partial charge in [-0.25, -0.2) is 8.42 Å². The van der Waals surface area contributed by atoms with Gasteiger partial charge in [0.15, 0.2) is 0 Å². The molecule has 1 aliphatic heterocycles. The van der Waals surface area contributed by atoms with E-state index in [1.807, 2.05) is 13.8 Å². The number of piperidine rings is 1. The molecule has 1 rings (SSSR count). The van der Waals surface area contributed by atoms with Crippen LogP contribution in [-0.2, 0) is 10.0 Å². The van der Waals surface area contributed by atoms with Gasteiger partial charge in [-0.3, -0.25) is 0 Å². The molecule has 0 aromatic carbocycles. The van der Waals surface area contributed by atoms with Gasteiger partial charge in [0, 0.05) is 18.6 Å². The molecule has 0 aliphatic carbocycles. The van der Waals surface area contributed by atoms with Crippen molar-refractivity contribution in [3.05, 3.63) is 0 Å². The normalized spacial score (nSPS) is 20.8. The third-order valence-electron chi connectivity index (χ3n) is 4.16. The molecular weight excluding hydrogens is 276 g/mol. The number of sulfonamides is 1. The van der Waals surface area contributed by atoms with Crippen molar-refractivity contribution < 1.29 is 13.5 Å². The molecule has 0 aromatic heterocycles. The Bertz CT molecular complexity index is 349. The fourth-order valence-electron chi connectivity index (χ4n) is 2.92. The lowest BCUT2D eigenvalue weighted by Crippen LogP contribution is -2.44. The summed E-state index contributed by atoms with van der Waals surface area (Å²) in [5.74, 6) is 0.182. The molecular formula is C14H30N2O3S. The number of nitrogens with zero attached hydrogens (tertiary/aromatic N) is 1. The molecule has 0 aromatic rings. The Morgan fingerprint density at radius 2 is 2.00 bits per heavy atom. The summed E-state index contributed by atoms with van der Waals surface area (Å²) in [6.45, 7) is 5.09. The minimum atomic E-state index is -3.27. The van der Waals surface area contributed by atoms with Gasteiger partial charge in [-0.1, -0.05) is 20.3 Å². The van der Waals surface area contributed by atoms with Crippen molar-refractivity contribution in [2.75, 3.05) is 25.4 Å². The SMILES string of the molecule is CCC(CC)N(CCO)S(=O)(=O)CCC1CCCCN1. The van der Waals surface area contributed by atoms with E-state index in [-0.39, 0.29) is 24.9 Å². The summed E-state index contributed by atoms with van der Waals surface area (Å²) in [5.41, 5.74) is 0. The van der Waals surface area contributed by atoms with Crippen LogP contribution in [0, 0.1) is 0 Å². The molecule has 1 fully saturated rings. The molecule has 6 heteroatoms. The lowest BCUT2D eigenvalue weighted by molar-refractivity contribution is 0.219. The summed E-state index contributed by atoms with van der Waals surface area (Å²) in [6.07, 6.45) is 5.69. The maximum Gasteiger partial charge on any atom is 0.214 e. The molecule has 20 heavy (non-hydrogen) atoms. The van der Waals surface area contributed by atoms with Crippen LogP contribution in [-0.4, -0.2) is 55.4 Å². The predicted octanol–water partition coefficient (Wildman–Crippen LogP) is 1.33. The van der Waals surface area contributed by atoms with Gasteiger partial charge in [-0.15, -0.1) is 0 Å². The third-order valence-corrected chi connectivity index (χ3v) is 6.11. The first-order valence-electron chi connectivity index (χ1n) is 7.88. The van der Waals surface area contributed by atoms with Crippen LogP contribution in [0.3, 0.4) is 0 Å². The first kappa shape index (κ1) is 17.9. The van der Waals surface area contributed by atoms with Gasteiger partial charge in [0.2, 0.25) is 10.0 Å². The summed E-state index contributed by atoms with van der Waals surface area (Å²) >= 11 is 0. The van der Waals surface area contributed by atoms with E-state index in [4.69, 9.17) is 5.11 Å². The second-order valence-corrected chi connectivity index (χ2v) is 7.60. The standard InChI is InChI=1S/C14H30N2O3S/c1-3-14(4-2)16(10-11-17)20(18,19)12-8-13-7-5-6-9-15-13/h13-15,17H,3-12H2,1-2H3. The van der Waals surface area contributed by atoms with Crippen LogP contribution in [0.15, 0.2) is 0 Å². The van der Waals surface area contributed by atoms with Crippen LogP contribution in [0.5, 0.6) is 0 Å². The zero-order valence-electron chi connectivity index (χ0n) is 12.8. The van der Waals surface area contributed by atoms with Gasteiger partial charge in [0.1, 0.15) is 0 Å². The Kier molecular flexibility index (Phi) is 8.02. The topological polar surface area (TPSA) is 69.6 Å². The highest BCUT2D eigenvalue weighted by atomic mass is 32.2. The van der Waals surface area contributed by atoms with E-state index in [0.717, 1.165) is 25.8 Å². The monoisotopic (exact) mass is 306 g/mol. The van der Waals surface area contributed by atoms with Crippen molar-refractivity contribution in [2.24, 2.45) is 0 Å². The van der Waals surface area contributed by atoms with E-state index in [1.54, 1.807) is 0 Å². The molecule has 1 saturated heterocycles. The molecule has 1 atom stereocenters. The molecule has 5 nitrogen and oxygen atoms in total. The lowest BCUT2D eigenvalue weighted by atomic mass is 10.0. The molecule has 0 amide bonds. The number of hydrogen-bond acceptors (Lipinski definition) is 4. The lowest BCUT2D eigenvalue weighted by Gasteiger charge is -2.30. The Balaban J connectivity index is 2.61. The van der Waals surface area contributed by atoms with Gasteiger partial charge in [-0.2, -0.15) is 4.31 Å². The van der Waals surface area contributed by atoms with E-state index in [9.17, 15) is 8.42 Å². The maximum absolute atomic E-state index is 12.5. The molecule has 0 bridgehead atoms. The van der Waals surface area contributed by atoms with Crippen LogP contribution in [0.1, 0.15) is 52.4 Å². The maximum atomic E-state index is 12.5. The number of aliphatic hydroxyl groups is 1. The van der Waals surface area contributed by atoms with E-state index >= 15 is 0 Å². The fraction of sp³-hybridized carbons (Fsp3) is 1.00. The summed E-state index contributed by atoms with van der Waals surface area (Å²) in [6, 6.07) is 0.336. The molecule has 0 saturated carbocycles. The quantitative estimate of drug-likeness (QED) is 0.674. The van der Waals surface area contributed by atoms with Crippen molar-refractivity contribution in [1.82, 2.24) is 9.62 Å². The average molecular weight is 306 g/mol. The minimum absolute atomic E-state index is 0.00599. The molecule has 120 valence electrons. The van der Waals surface area contributed by atoms with Crippen LogP contribution in [0.4, 0.5) is 0 Å². The number of nitrogens with one attached hydrogen (secondary N) is 1. The zero-order valence-corrected chi connectivity index (χ0v) is 13.7. The first-order valence-corrected chi connectivity index (χ1v) is 9.49. The molecule has 1 aliphatic rings. The van der Waals surface area contributed by atoms with Crippen molar-refractivity contribution in [3.8, 4) is 0 Å². The zero-order chi connectivity index (χ0) is 15.0. The summed E-state index contributed by atoms with van der Waals surface area (Å²) in [5, 5.41) is 12.5. The third kappa shape index (κ3) is 5.31. The van der Waals surface area contributed by atoms with Crippen LogP contribution in [0.2, 0.25) is 0 Å². The van der Waals surface area contributed by atoms with Crippen molar-refractivity contribution in [1.29, 1.82) is 0 Å². The first-order chi connectivity index (χ1) is 9.55. The summed E-state index contributed by atoms with van der Waals surface area (Å²) in [7, 11) is -3.27. The largest absolute Gasteiger partial charge is 0.395 e. The van der Waals surface area contributed by atoms with E-state index < -0.39 is 10.0 Å². The smallest absolute Gasteiger partial charge is 0.214 e. The minimum Gasteiger partial charge on any atom is -0.395 e. The highest BCUT2D eigenvalue weighted by Crippen LogP contribution is 2.17. The fourth-order valence-corrected chi connectivity index (χ4v) is 4.85. The van der Waals surface area contributed by atoms with E-state index in [1.165, 1.54) is 17.1 Å². The van der Waals surface area contributed by atoms with Crippen LogP contribution in [0.25, 0.3) is 0 Å². The van der Waals surface area contributed by atoms with Crippen LogP contribution >= 0.6 is 0 Å². The summed E-state index contributed by atoms with van der Waals surface area (Å²) in [4.78, 5) is 0. The number of hydrogen-bond donors (Lipinski definition) is 2. The average Bonchev–Trinajstić information content (AvgIpc) is 2.46. The second-order valence-electron chi connectivity index (χ2n) is 5.56. The molecule has 2 N–H and O–H groups in total. The van der Waals surface area contributed by atoms with Crippen molar-refractivity contribution in [3.63, 3.8) is 0 Å². The predicted molar refractivity (Wildman–Crippen MR) is 82.2 cm³/mol. The Morgan fingerprint density at radius 3 is 2.50 bits per heavy atom. The highest BCUT2D eigenvalue weighted by Gasteiger charge is 2.28. The number of aliphatic hydroxyl groups excluding tert-OH is 1. The Hall–Kier alpha value is -0.170. The van der Waals surface area contributed by atoms with Crippen molar-refractivity contribution >= 4 is 10.0 Å². The second kappa shape index (κ2) is 8.97. The van der Waals surface area contributed by atoms with Crippen molar-refractivity contribution in [2.45, 2.75) is 64.5 Å². The molecule has 0 radical (unpaired) electrons. The highest BCUT2D eigenvalue weighted by molar-refractivity contribution is 7.89. The van der Waals surface area contributed by atoms with Crippen LogP contribution < -0.4 is 5.32 Å².